The summed E-state index contributed by atoms with van der Waals surface area (Å²) in [7, 11) is 0. The topological polar surface area (TPSA) is 65.5 Å². The van der Waals surface area contributed by atoms with Crippen molar-refractivity contribution in [2.75, 3.05) is 0 Å². The van der Waals surface area contributed by atoms with E-state index in [-0.39, 0.29) is 11.3 Å². The number of nitrogens with zero attached hydrogens (tertiary/aromatic N) is 1. The number of esters is 2. The third-order valence-electron chi connectivity index (χ3n) is 3.11. The Hall–Kier alpha value is -3.47. The van der Waals surface area contributed by atoms with Gasteiger partial charge in [-0.3, -0.25) is 0 Å². The van der Waals surface area contributed by atoms with Crippen LogP contribution in [0.15, 0.2) is 79.0 Å². The van der Waals surface area contributed by atoms with E-state index >= 15 is 0 Å². The highest BCUT2D eigenvalue weighted by molar-refractivity contribution is 5.95. The maximum absolute atomic E-state index is 12.1. The highest BCUT2D eigenvalue weighted by Gasteiger charge is 2.15. The normalized spacial score (nSPS) is 10.0. The summed E-state index contributed by atoms with van der Waals surface area (Å²) in [6.07, 6.45) is 1.36. The SMILES string of the molecule is O=C(Oc1ccccc1)c1ccnc(C(=O)Oc2ccccc2)c1. The number of para-hydroxylation sites is 2. The van der Waals surface area contributed by atoms with Gasteiger partial charge in [0, 0.05) is 6.20 Å². The van der Waals surface area contributed by atoms with Gasteiger partial charge < -0.3 is 9.47 Å². The van der Waals surface area contributed by atoms with Gasteiger partial charge in [0.25, 0.3) is 0 Å². The Kier molecular flexibility index (Phi) is 4.62. The van der Waals surface area contributed by atoms with Gasteiger partial charge >= 0.3 is 11.9 Å². The Morgan fingerprint density at radius 1 is 0.708 bits per heavy atom. The minimum Gasteiger partial charge on any atom is -0.423 e. The molecule has 5 nitrogen and oxygen atoms in total. The number of ether oxygens (including phenoxy) is 2. The number of pyridine rings is 1. The van der Waals surface area contributed by atoms with Gasteiger partial charge in [0.15, 0.2) is 0 Å². The molecule has 0 aliphatic heterocycles. The molecule has 3 aromatic rings. The molecule has 1 heterocycles. The fourth-order valence-corrected chi connectivity index (χ4v) is 1.97. The average Bonchev–Trinajstić information content (AvgIpc) is 2.63. The van der Waals surface area contributed by atoms with Crippen molar-refractivity contribution in [3.8, 4) is 11.5 Å². The number of hydrogen-bond donors (Lipinski definition) is 0. The molecule has 24 heavy (non-hydrogen) atoms. The van der Waals surface area contributed by atoms with Crippen LogP contribution in [0.25, 0.3) is 0 Å². The first-order valence-corrected chi connectivity index (χ1v) is 7.23. The fraction of sp³-hybridized carbons (Fsp3) is 0. The van der Waals surface area contributed by atoms with Crippen LogP contribution in [0.2, 0.25) is 0 Å². The summed E-state index contributed by atoms with van der Waals surface area (Å²) in [5.74, 6) is -0.387. The summed E-state index contributed by atoms with van der Waals surface area (Å²) < 4.78 is 10.4. The second-order valence-electron chi connectivity index (χ2n) is 4.83. The van der Waals surface area contributed by atoms with E-state index < -0.39 is 11.9 Å². The van der Waals surface area contributed by atoms with Gasteiger partial charge in [0.2, 0.25) is 0 Å². The molecule has 0 fully saturated rings. The zero-order valence-electron chi connectivity index (χ0n) is 12.6. The number of benzene rings is 2. The second kappa shape index (κ2) is 7.19. The van der Waals surface area contributed by atoms with Crippen LogP contribution < -0.4 is 9.47 Å². The first kappa shape index (κ1) is 15.4. The highest BCUT2D eigenvalue weighted by Crippen LogP contribution is 2.14. The number of aromatic nitrogens is 1. The lowest BCUT2D eigenvalue weighted by molar-refractivity contribution is 0.0728. The largest absolute Gasteiger partial charge is 0.423 e. The van der Waals surface area contributed by atoms with Gasteiger partial charge in [0.1, 0.15) is 17.2 Å². The van der Waals surface area contributed by atoms with Crippen molar-refractivity contribution >= 4 is 11.9 Å². The molecule has 0 bridgehead atoms. The monoisotopic (exact) mass is 319 g/mol. The summed E-state index contributed by atoms with van der Waals surface area (Å²) in [5, 5.41) is 0. The minimum absolute atomic E-state index is 0.0290. The van der Waals surface area contributed by atoms with Gasteiger partial charge in [-0.25, -0.2) is 14.6 Å². The van der Waals surface area contributed by atoms with Crippen LogP contribution in [0, 0.1) is 0 Å². The quantitative estimate of drug-likeness (QED) is 0.544. The lowest BCUT2D eigenvalue weighted by Crippen LogP contribution is -2.14. The van der Waals surface area contributed by atoms with Crippen molar-refractivity contribution in [2.24, 2.45) is 0 Å². The second-order valence-corrected chi connectivity index (χ2v) is 4.83. The Bertz CT molecular complexity index is 779. The molecule has 0 aliphatic rings. The summed E-state index contributed by atoms with van der Waals surface area (Å²) in [4.78, 5) is 28.2. The summed E-state index contributed by atoms with van der Waals surface area (Å²) in [6, 6.07) is 20.1. The van der Waals surface area contributed by atoms with E-state index in [1.54, 1.807) is 48.5 Å². The molecule has 0 amide bonds. The van der Waals surface area contributed by atoms with Crippen LogP contribution >= 0.6 is 0 Å². The molecule has 2 aromatic carbocycles. The summed E-state index contributed by atoms with van der Waals surface area (Å²) in [5.41, 5.74) is 0.246. The van der Waals surface area contributed by atoms with E-state index in [1.165, 1.54) is 18.3 Å². The van der Waals surface area contributed by atoms with Crippen LogP contribution in [-0.2, 0) is 0 Å². The van der Waals surface area contributed by atoms with E-state index in [1.807, 2.05) is 12.1 Å². The van der Waals surface area contributed by atoms with E-state index in [9.17, 15) is 9.59 Å². The molecule has 1 aromatic heterocycles. The number of hydrogen-bond acceptors (Lipinski definition) is 5. The van der Waals surface area contributed by atoms with E-state index in [2.05, 4.69) is 4.98 Å². The van der Waals surface area contributed by atoms with Crippen molar-refractivity contribution < 1.29 is 19.1 Å². The Balaban J connectivity index is 1.74. The summed E-state index contributed by atoms with van der Waals surface area (Å²) in [6.45, 7) is 0. The van der Waals surface area contributed by atoms with E-state index in [4.69, 9.17) is 9.47 Å². The molecule has 3 rings (SSSR count). The van der Waals surface area contributed by atoms with Crippen LogP contribution in [-0.4, -0.2) is 16.9 Å². The molecule has 0 spiro atoms. The number of carbonyl (C=O) groups is 2. The molecule has 0 atom stereocenters. The van der Waals surface area contributed by atoms with Gasteiger partial charge in [0.05, 0.1) is 5.56 Å². The Morgan fingerprint density at radius 3 is 1.83 bits per heavy atom. The molecule has 0 unspecified atom stereocenters. The maximum atomic E-state index is 12.1. The van der Waals surface area contributed by atoms with Crippen molar-refractivity contribution in [1.82, 2.24) is 4.98 Å². The van der Waals surface area contributed by atoms with Gasteiger partial charge in [-0.2, -0.15) is 0 Å². The van der Waals surface area contributed by atoms with Crippen molar-refractivity contribution in [1.29, 1.82) is 0 Å². The van der Waals surface area contributed by atoms with Crippen LogP contribution in [0.5, 0.6) is 11.5 Å². The molecule has 118 valence electrons. The standard InChI is InChI=1S/C19H13NO4/c21-18(23-15-7-3-1-4-8-15)14-11-12-20-17(13-14)19(22)24-16-9-5-2-6-10-16/h1-13H. The van der Waals surface area contributed by atoms with Gasteiger partial charge in [-0.05, 0) is 36.4 Å². The molecule has 0 radical (unpaired) electrons. The molecular formula is C19H13NO4. The molecular weight excluding hydrogens is 306 g/mol. The van der Waals surface area contributed by atoms with Crippen molar-refractivity contribution in [3.05, 3.63) is 90.3 Å². The molecule has 0 aliphatic carbocycles. The third-order valence-corrected chi connectivity index (χ3v) is 3.11. The first-order chi connectivity index (χ1) is 11.7. The van der Waals surface area contributed by atoms with E-state index in [0.29, 0.717) is 11.5 Å². The van der Waals surface area contributed by atoms with Crippen LogP contribution in [0.3, 0.4) is 0 Å². The zero-order valence-corrected chi connectivity index (χ0v) is 12.6. The zero-order chi connectivity index (χ0) is 16.8. The third kappa shape index (κ3) is 3.84. The first-order valence-electron chi connectivity index (χ1n) is 7.23. The average molecular weight is 319 g/mol. The molecule has 5 heteroatoms. The van der Waals surface area contributed by atoms with Gasteiger partial charge in [-0.1, -0.05) is 36.4 Å². The van der Waals surface area contributed by atoms with Crippen LogP contribution in [0.4, 0.5) is 0 Å². The highest BCUT2D eigenvalue weighted by atomic mass is 16.5. The maximum Gasteiger partial charge on any atom is 0.362 e. The lowest BCUT2D eigenvalue weighted by Gasteiger charge is -2.06. The fourth-order valence-electron chi connectivity index (χ4n) is 1.97. The molecule has 0 saturated heterocycles. The summed E-state index contributed by atoms with van der Waals surface area (Å²) >= 11 is 0. The number of rotatable bonds is 4. The lowest BCUT2D eigenvalue weighted by atomic mass is 10.2. The molecule has 0 N–H and O–H groups in total. The van der Waals surface area contributed by atoms with Crippen LogP contribution in [0.1, 0.15) is 20.8 Å². The Labute approximate surface area is 138 Å². The van der Waals surface area contributed by atoms with Crippen molar-refractivity contribution in [3.63, 3.8) is 0 Å². The predicted octanol–water partition coefficient (Wildman–Crippen LogP) is 3.52. The molecule has 0 saturated carbocycles. The Morgan fingerprint density at radius 2 is 1.25 bits per heavy atom. The van der Waals surface area contributed by atoms with Gasteiger partial charge in [-0.15, -0.1) is 0 Å². The minimum atomic E-state index is -0.643. The number of carbonyl (C=O) groups excluding carboxylic acids is 2. The predicted molar refractivity (Wildman–Crippen MR) is 87.0 cm³/mol. The smallest absolute Gasteiger partial charge is 0.362 e. The van der Waals surface area contributed by atoms with Crippen molar-refractivity contribution in [2.45, 2.75) is 0 Å². The van der Waals surface area contributed by atoms with E-state index in [0.717, 1.165) is 0 Å².